The minimum Gasteiger partial charge on any atom is -0.496 e. The van der Waals surface area contributed by atoms with Crippen LogP contribution in [0.15, 0.2) is 34.7 Å². The summed E-state index contributed by atoms with van der Waals surface area (Å²) in [7, 11) is 5.72. The molecule has 210 valence electrons. The van der Waals surface area contributed by atoms with E-state index < -0.39 is 35.4 Å². The van der Waals surface area contributed by atoms with E-state index in [0.717, 1.165) is 0 Å². The zero-order chi connectivity index (χ0) is 28.9. The molecule has 2 unspecified atom stereocenters. The van der Waals surface area contributed by atoms with Gasteiger partial charge in [0, 0.05) is 34.7 Å². The van der Waals surface area contributed by atoms with E-state index in [-0.39, 0.29) is 17.1 Å². The summed E-state index contributed by atoms with van der Waals surface area (Å²) in [4.78, 5) is 40.1. The van der Waals surface area contributed by atoms with Gasteiger partial charge in [-0.05, 0) is 40.5 Å². The Kier molecular flexibility index (Phi) is 9.83. The fraction of sp³-hybridized carbons (Fsp3) is 0.536. The van der Waals surface area contributed by atoms with E-state index in [1.54, 1.807) is 46.8 Å². The van der Waals surface area contributed by atoms with Gasteiger partial charge in [-0.15, -0.1) is 0 Å². The third-order valence-corrected chi connectivity index (χ3v) is 6.07. The maximum absolute atomic E-state index is 14.0. The molecule has 1 amide bonds. The molecule has 2 rings (SSSR count). The van der Waals surface area contributed by atoms with Crippen LogP contribution in [-0.2, 0) is 23.9 Å². The highest BCUT2D eigenvalue weighted by atomic mass is 16.6. The molecule has 0 spiro atoms. The minimum atomic E-state index is -0.953. The number of allylic oxidation sites excluding steroid dienone is 2. The third kappa shape index (κ3) is 6.59. The van der Waals surface area contributed by atoms with Gasteiger partial charge in [0.2, 0.25) is 0 Å². The van der Waals surface area contributed by atoms with Crippen LogP contribution in [0.2, 0.25) is 0 Å². The Morgan fingerprint density at radius 3 is 1.84 bits per heavy atom. The first kappa shape index (κ1) is 30.5. The van der Waals surface area contributed by atoms with Crippen molar-refractivity contribution in [3.05, 3.63) is 40.2 Å². The molecule has 2 atom stereocenters. The first-order valence-corrected chi connectivity index (χ1v) is 12.3. The van der Waals surface area contributed by atoms with Gasteiger partial charge < -0.3 is 34.3 Å². The lowest BCUT2D eigenvalue weighted by atomic mass is 9.79. The van der Waals surface area contributed by atoms with Crippen molar-refractivity contribution in [1.29, 1.82) is 0 Å². The molecule has 2 N–H and O–H groups in total. The second-order valence-corrected chi connectivity index (χ2v) is 10.3. The lowest BCUT2D eigenvalue weighted by molar-refractivity contribution is -0.159. The summed E-state index contributed by atoms with van der Waals surface area (Å²) in [5.74, 6) is -1.82. The average molecular weight is 533 g/mol. The summed E-state index contributed by atoms with van der Waals surface area (Å²) < 4.78 is 27.4. The maximum Gasteiger partial charge on any atom is 0.336 e. The number of carbonyl (C=O) groups excluding carboxylic acids is 3. The Morgan fingerprint density at radius 1 is 0.895 bits per heavy atom. The zero-order valence-electron chi connectivity index (χ0n) is 24.2. The number of benzene rings is 1. The third-order valence-electron chi connectivity index (χ3n) is 6.07. The van der Waals surface area contributed by atoms with Crippen molar-refractivity contribution in [3.63, 3.8) is 0 Å². The molecule has 1 heterocycles. The van der Waals surface area contributed by atoms with E-state index in [0.29, 0.717) is 34.2 Å². The Morgan fingerprint density at radius 2 is 1.42 bits per heavy atom. The van der Waals surface area contributed by atoms with Gasteiger partial charge in [-0.3, -0.25) is 4.79 Å². The van der Waals surface area contributed by atoms with Crippen LogP contribution in [0.1, 0.15) is 59.9 Å². The van der Waals surface area contributed by atoms with Crippen LogP contribution < -0.4 is 24.8 Å². The maximum atomic E-state index is 14.0. The monoisotopic (exact) mass is 532 g/mol. The van der Waals surface area contributed by atoms with Crippen molar-refractivity contribution in [2.45, 2.75) is 66.0 Å². The molecule has 10 heteroatoms. The smallest absolute Gasteiger partial charge is 0.336 e. The first-order chi connectivity index (χ1) is 17.7. The molecule has 1 aliphatic heterocycles. The molecule has 0 saturated carbocycles. The molecule has 0 saturated heterocycles. The average Bonchev–Trinajstić information content (AvgIpc) is 2.83. The van der Waals surface area contributed by atoms with Crippen LogP contribution in [0.4, 0.5) is 0 Å². The first-order valence-electron chi connectivity index (χ1n) is 12.3. The highest BCUT2D eigenvalue weighted by molar-refractivity contribution is 6.03. The summed E-state index contributed by atoms with van der Waals surface area (Å²) in [6, 6.07) is 2.36. The van der Waals surface area contributed by atoms with E-state index in [9.17, 15) is 14.4 Å². The van der Waals surface area contributed by atoms with E-state index >= 15 is 0 Å². The van der Waals surface area contributed by atoms with Crippen molar-refractivity contribution in [3.8, 4) is 17.2 Å². The van der Waals surface area contributed by atoms with Gasteiger partial charge in [0.05, 0.1) is 39.9 Å². The van der Waals surface area contributed by atoms with Crippen LogP contribution in [0, 0.1) is 5.92 Å². The number of hydrogen-bond donors (Lipinski definition) is 2. The van der Waals surface area contributed by atoms with Crippen molar-refractivity contribution in [2.75, 3.05) is 28.4 Å². The van der Waals surface area contributed by atoms with Crippen LogP contribution in [0.3, 0.4) is 0 Å². The lowest BCUT2D eigenvalue weighted by Gasteiger charge is -2.33. The second kappa shape index (κ2) is 12.2. The molecule has 0 aromatic heterocycles. The predicted molar refractivity (Wildman–Crippen MR) is 142 cm³/mol. The number of ether oxygens (including phenoxy) is 5. The lowest BCUT2D eigenvalue weighted by Crippen LogP contribution is -2.49. The molecular formula is C28H40N2O8. The Balaban J connectivity index is 2.76. The Hall–Kier alpha value is -3.69. The van der Waals surface area contributed by atoms with Gasteiger partial charge in [-0.1, -0.05) is 13.8 Å². The number of nitrogens with one attached hydrogen (secondary N) is 2. The molecular weight excluding hydrogens is 492 g/mol. The van der Waals surface area contributed by atoms with Gasteiger partial charge in [0.25, 0.3) is 5.91 Å². The molecule has 1 aromatic rings. The van der Waals surface area contributed by atoms with Crippen LogP contribution >= 0.6 is 0 Å². The summed E-state index contributed by atoms with van der Waals surface area (Å²) >= 11 is 0. The predicted octanol–water partition coefficient (Wildman–Crippen LogP) is 3.60. The second-order valence-electron chi connectivity index (χ2n) is 10.3. The van der Waals surface area contributed by atoms with Gasteiger partial charge in [-0.2, -0.15) is 0 Å². The standard InChI is InChI=1S/C28H40N2O8/c1-14(2)24(27(33)38-28(5,6)7)30-25(31)20-15(3)29-16(4)21(26(32)37-11)23(20)22-18(35-9)12-17(34-8)13-19(22)36-10/h12-14,23-24,29H,1-11H3,(H,30,31). The molecule has 38 heavy (non-hydrogen) atoms. The van der Waals surface area contributed by atoms with Crippen molar-refractivity contribution in [2.24, 2.45) is 5.92 Å². The fourth-order valence-electron chi connectivity index (χ4n) is 4.36. The highest BCUT2D eigenvalue weighted by Gasteiger charge is 2.42. The number of dihydropyridines is 1. The van der Waals surface area contributed by atoms with E-state index in [1.165, 1.54) is 28.4 Å². The van der Waals surface area contributed by atoms with Crippen molar-refractivity contribution in [1.82, 2.24) is 10.6 Å². The quantitative estimate of drug-likeness (QED) is 0.460. The summed E-state index contributed by atoms with van der Waals surface area (Å²) in [5, 5.41) is 5.95. The van der Waals surface area contributed by atoms with Gasteiger partial charge in [0.15, 0.2) is 0 Å². The van der Waals surface area contributed by atoms with Crippen molar-refractivity contribution >= 4 is 17.8 Å². The molecule has 1 aromatic carbocycles. The Labute approximate surface area is 224 Å². The SMILES string of the molecule is COC(=O)C1=C(C)NC(C)=C(C(=O)NC(C(=O)OC(C)(C)C)C(C)C)C1c1c(OC)cc(OC)cc1OC. The minimum absolute atomic E-state index is 0.198. The molecule has 10 nitrogen and oxygen atoms in total. The number of hydrogen-bond acceptors (Lipinski definition) is 9. The highest BCUT2D eigenvalue weighted by Crippen LogP contribution is 2.48. The fourth-order valence-corrected chi connectivity index (χ4v) is 4.36. The number of carbonyl (C=O) groups is 3. The number of methoxy groups -OCH3 is 4. The largest absolute Gasteiger partial charge is 0.496 e. The normalized spacial score (nSPS) is 16.5. The van der Waals surface area contributed by atoms with Crippen LogP contribution in [0.5, 0.6) is 17.2 Å². The summed E-state index contributed by atoms with van der Waals surface area (Å²) in [6.07, 6.45) is 0. The Bertz CT molecular complexity index is 1120. The molecule has 0 radical (unpaired) electrons. The number of rotatable bonds is 9. The molecule has 0 fully saturated rings. The molecule has 1 aliphatic rings. The van der Waals surface area contributed by atoms with Crippen LogP contribution in [-0.4, -0.2) is 57.9 Å². The summed E-state index contributed by atoms with van der Waals surface area (Å²) in [6.45, 7) is 12.3. The summed E-state index contributed by atoms with van der Waals surface area (Å²) in [5.41, 5.74) is 1.09. The van der Waals surface area contributed by atoms with Gasteiger partial charge in [0.1, 0.15) is 28.9 Å². The van der Waals surface area contributed by atoms with E-state index in [4.69, 9.17) is 23.7 Å². The van der Waals surface area contributed by atoms with E-state index in [2.05, 4.69) is 10.6 Å². The van der Waals surface area contributed by atoms with Gasteiger partial charge in [-0.25, -0.2) is 9.59 Å². The van der Waals surface area contributed by atoms with Gasteiger partial charge >= 0.3 is 11.9 Å². The zero-order valence-corrected chi connectivity index (χ0v) is 24.2. The topological polar surface area (TPSA) is 121 Å². The van der Waals surface area contributed by atoms with Crippen molar-refractivity contribution < 1.29 is 38.1 Å². The van der Waals surface area contributed by atoms with Crippen LogP contribution in [0.25, 0.3) is 0 Å². The number of amides is 1. The van der Waals surface area contributed by atoms with E-state index in [1.807, 2.05) is 13.8 Å². The molecule has 0 aliphatic carbocycles. The number of esters is 2. The molecule has 0 bridgehead atoms.